The normalized spacial score (nSPS) is 13.3. The van der Waals surface area contributed by atoms with Gasteiger partial charge in [0.1, 0.15) is 5.82 Å². The second-order valence-electron chi connectivity index (χ2n) is 3.72. The Morgan fingerprint density at radius 1 is 1.29 bits per heavy atom. The molecule has 0 fully saturated rings. The maximum absolute atomic E-state index is 13.1. The maximum atomic E-state index is 13.1. The van der Waals surface area contributed by atoms with E-state index >= 15 is 0 Å². The SMILES string of the molecule is CC(C)c1cc(F)cc(C(O)CN)c1. The van der Waals surface area contributed by atoms with Crippen LogP contribution < -0.4 is 5.73 Å². The van der Waals surface area contributed by atoms with E-state index in [1.165, 1.54) is 12.1 Å². The highest BCUT2D eigenvalue weighted by molar-refractivity contribution is 5.28. The fourth-order valence-electron chi connectivity index (χ4n) is 1.30. The van der Waals surface area contributed by atoms with Gasteiger partial charge in [-0.2, -0.15) is 0 Å². The van der Waals surface area contributed by atoms with Gasteiger partial charge in [-0.25, -0.2) is 4.39 Å². The third-order valence-electron chi connectivity index (χ3n) is 2.22. The first-order valence-corrected chi connectivity index (χ1v) is 4.73. The minimum Gasteiger partial charge on any atom is -0.387 e. The van der Waals surface area contributed by atoms with Crippen LogP contribution in [0.2, 0.25) is 0 Å². The van der Waals surface area contributed by atoms with Gasteiger partial charge in [0.05, 0.1) is 6.10 Å². The zero-order valence-electron chi connectivity index (χ0n) is 8.50. The Balaban J connectivity index is 3.07. The lowest BCUT2D eigenvalue weighted by Crippen LogP contribution is -2.12. The molecule has 0 aliphatic heterocycles. The smallest absolute Gasteiger partial charge is 0.123 e. The second-order valence-corrected chi connectivity index (χ2v) is 3.72. The van der Waals surface area contributed by atoms with Gasteiger partial charge in [-0.15, -0.1) is 0 Å². The van der Waals surface area contributed by atoms with Crippen molar-refractivity contribution in [2.75, 3.05) is 6.54 Å². The average molecular weight is 197 g/mol. The summed E-state index contributed by atoms with van der Waals surface area (Å²) < 4.78 is 13.1. The highest BCUT2D eigenvalue weighted by Gasteiger charge is 2.09. The first-order chi connectivity index (χ1) is 6.54. The van der Waals surface area contributed by atoms with Crippen LogP contribution in [0.5, 0.6) is 0 Å². The fourth-order valence-corrected chi connectivity index (χ4v) is 1.30. The molecule has 3 heteroatoms. The molecule has 0 amide bonds. The summed E-state index contributed by atoms with van der Waals surface area (Å²) in [6.07, 6.45) is -0.775. The average Bonchev–Trinajstić information content (AvgIpc) is 2.15. The summed E-state index contributed by atoms with van der Waals surface area (Å²) in [5, 5.41) is 9.47. The summed E-state index contributed by atoms with van der Waals surface area (Å²) in [6.45, 7) is 4.07. The molecule has 1 aromatic rings. The van der Waals surface area contributed by atoms with Gasteiger partial charge in [-0.1, -0.05) is 19.9 Å². The number of hydrogen-bond acceptors (Lipinski definition) is 2. The van der Waals surface area contributed by atoms with Crippen LogP contribution in [0.4, 0.5) is 4.39 Å². The summed E-state index contributed by atoms with van der Waals surface area (Å²) in [5.41, 5.74) is 6.74. The number of hydrogen-bond donors (Lipinski definition) is 2. The molecule has 0 aromatic heterocycles. The Morgan fingerprint density at radius 3 is 2.36 bits per heavy atom. The van der Waals surface area contributed by atoms with Crippen LogP contribution in [-0.2, 0) is 0 Å². The van der Waals surface area contributed by atoms with E-state index in [0.29, 0.717) is 5.56 Å². The van der Waals surface area contributed by atoms with E-state index in [-0.39, 0.29) is 18.3 Å². The Hall–Kier alpha value is -0.930. The van der Waals surface area contributed by atoms with Crippen LogP contribution in [0, 0.1) is 5.82 Å². The van der Waals surface area contributed by atoms with Gasteiger partial charge in [0.25, 0.3) is 0 Å². The lowest BCUT2D eigenvalue weighted by Gasteiger charge is -2.12. The topological polar surface area (TPSA) is 46.2 Å². The number of aliphatic hydroxyl groups excluding tert-OH is 1. The summed E-state index contributed by atoms with van der Waals surface area (Å²) in [7, 11) is 0. The van der Waals surface area contributed by atoms with E-state index in [1.807, 2.05) is 13.8 Å². The third kappa shape index (κ3) is 2.53. The van der Waals surface area contributed by atoms with Crippen molar-refractivity contribution in [1.82, 2.24) is 0 Å². The lowest BCUT2D eigenvalue weighted by molar-refractivity contribution is 0.186. The van der Waals surface area contributed by atoms with Crippen molar-refractivity contribution < 1.29 is 9.50 Å². The van der Waals surface area contributed by atoms with Gasteiger partial charge in [-0.05, 0) is 29.2 Å². The molecule has 0 aliphatic carbocycles. The standard InChI is InChI=1S/C11H16FNO/c1-7(2)8-3-9(11(14)6-13)5-10(12)4-8/h3-5,7,11,14H,6,13H2,1-2H3. The molecular weight excluding hydrogens is 181 g/mol. The molecule has 0 saturated carbocycles. The van der Waals surface area contributed by atoms with E-state index in [4.69, 9.17) is 5.73 Å². The predicted molar refractivity (Wildman–Crippen MR) is 54.5 cm³/mol. The van der Waals surface area contributed by atoms with Crippen molar-refractivity contribution in [2.45, 2.75) is 25.9 Å². The van der Waals surface area contributed by atoms with Crippen molar-refractivity contribution in [3.05, 3.63) is 35.1 Å². The molecule has 1 rings (SSSR count). The summed E-state index contributed by atoms with van der Waals surface area (Å²) >= 11 is 0. The number of rotatable bonds is 3. The number of aliphatic hydroxyl groups is 1. The largest absolute Gasteiger partial charge is 0.387 e. The Morgan fingerprint density at radius 2 is 1.86 bits per heavy atom. The Bertz CT molecular complexity index is 312. The molecule has 78 valence electrons. The molecule has 0 bridgehead atoms. The van der Waals surface area contributed by atoms with Crippen LogP contribution in [0.15, 0.2) is 18.2 Å². The summed E-state index contributed by atoms with van der Waals surface area (Å²) in [5.74, 6) is -0.0758. The van der Waals surface area contributed by atoms with Crippen molar-refractivity contribution in [3.8, 4) is 0 Å². The van der Waals surface area contributed by atoms with Gasteiger partial charge in [0.15, 0.2) is 0 Å². The first kappa shape index (κ1) is 11.1. The van der Waals surface area contributed by atoms with Crippen LogP contribution >= 0.6 is 0 Å². The zero-order valence-corrected chi connectivity index (χ0v) is 8.50. The van der Waals surface area contributed by atoms with E-state index < -0.39 is 6.10 Å². The van der Waals surface area contributed by atoms with E-state index in [9.17, 15) is 9.50 Å². The number of benzene rings is 1. The summed E-state index contributed by atoms with van der Waals surface area (Å²) in [4.78, 5) is 0. The Labute approximate surface area is 83.6 Å². The predicted octanol–water partition coefficient (Wildman–Crippen LogP) is 1.94. The van der Waals surface area contributed by atoms with Crippen molar-refractivity contribution >= 4 is 0 Å². The summed E-state index contributed by atoms with van der Waals surface area (Å²) in [6, 6.07) is 4.60. The van der Waals surface area contributed by atoms with Crippen LogP contribution in [-0.4, -0.2) is 11.7 Å². The molecule has 0 spiro atoms. The molecule has 3 N–H and O–H groups in total. The molecule has 0 aliphatic rings. The molecule has 0 heterocycles. The molecule has 2 nitrogen and oxygen atoms in total. The van der Waals surface area contributed by atoms with Gasteiger partial charge < -0.3 is 10.8 Å². The minimum absolute atomic E-state index is 0.112. The fraction of sp³-hybridized carbons (Fsp3) is 0.455. The lowest BCUT2D eigenvalue weighted by atomic mass is 9.98. The van der Waals surface area contributed by atoms with E-state index in [2.05, 4.69) is 0 Å². The van der Waals surface area contributed by atoms with Crippen LogP contribution in [0.1, 0.15) is 37.0 Å². The highest BCUT2D eigenvalue weighted by Crippen LogP contribution is 2.21. The molecular formula is C11H16FNO. The highest BCUT2D eigenvalue weighted by atomic mass is 19.1. The van der Waals surface area contributed by atoms with Gasteiger partial charge in [-0.3, -0.25) is 0 Å². The third-order valence-corrected chi connectivity index (χ3v) is 2.22. The van der Waals surface area contributed by atoms with Gasteiger partial charge in [0, 0.05) is 6.54 Å². The maximum Gasteiger partial charge on any atom is 0.123 e. The Kier molecular flexibility index (Phi) is 3.61. The molecule has 1 atom stereocenters. The minimum atomic E-state index is -0.775. The van der Waals surface area contributed by atoms with Gasteiger partial charge in [0.2, 0.25) is 0 Å². The molecule has 0 saturated heterocycles. The van der Waals surface area contributed by atoms with Crippen molar-refractivity contribution in [1.29, 1.82) is 0 Å². The zero-order chi connectivity index (χ0) is 10.7. The van der Waals surface area contributed by atoms with Crippen molar-refractivity contribution in [2.24, 2.45) is 5.73 Å². The second kappa shape index (κ2) is 4.53. The quantitative estimate of drug-likeness (QED) is 0.777. The molecule has 1 aromatic carbocycles. The molecule has 14 heavy (non-hydrogen) atoms. The molecule has 1 unspecified atom stereocenters. The van der Waals surface area contributed by atoms with Crippen molar-refractivity contribution in [3.63, 3.8) is 0 Å². The number of halogens is 1. The van der Waals surface area contributed by atoms with Crippen LogP contribution in [0.25, 0.3) is 0 Å². The first-order valence-electron chi connectivity index (χ1n) is 4.73. The monoisotopic (exact) mass is 197 g/mol. The molecule has 0 radical (unpaired) electrons. The van der Waals surface area contributed by atoms with E-state index in [0.717, 1.165) is 5.56 Å². The number of nitrogens with two attached hydrogens (primary N) is 1. The van der Waals surface area contributed by atoms with Gasteiger partial charge >= 0.3 is 0 Å². The van der Waals surface area contributed by atoms with Crippen LogP contribution in [0.3, 0.4) is 0 Å². The van der Waals surface area contributed by atoms with E-state index in [1.54, 1.807) is 6.07 Å².